The number of likely N-dealkylation sites (tertiary alicyclic amines) is 1. The molecular weight excluding hydrogens is 272 g/mol. The van der Waals surface area contributed by atoms with Crippen LogP contribution in [-0.4, -0.2) is 38.8 Å². The highest BCUT2D eigenvalue weighted by atomic mass is 32.1. The number of hydrogen-bond donors (Lipinski definition) is 0. The van der Waals surface area contributed by atoms with E-state index in [1.807, 2.05) is 11.8 Å². The van der Waals surface area contributed by atoms with Gasteiger partial charge in [-0.3, -0.25) is 4.79 Å². The van der Waals surface area contributed by atoms with Gasteiger partial charge in [-0.05, 0) is 32.3 Å². The topological polar surface area (TPSA) is 59.0 Å². The van der Waals surface area contributed by atoms with Gasteiger partial charge >= 0.3 is 0 Å². The van der Waals surface area contributed by atoms with E-state index in [0.29, 0.717) is 15.7 Å². The van der Waals surface area contributed by atoms with E-state index >= 15 is 0 Å². The minimum atomic E-state index is 0.0990. The number of amides is 1. The van der Waals surface area contributed by atoms with Crippen molar-refractivity contribution in [3.63, 3.8) is 0 Å². The van der Waals surface area contributed by atoms with Crippen molar-refractivity contribution < 1.29 is 4.79 Å². The lowest BCUT2D eigenvalue weighted by atomic mass is 10.1. The summed E-state index contributed by atoms with van der Waals surface area (Å²) >= 11 is 1.39. The second kappa shape index (κ2) is 5.66. The van der Waals surface area contributed by atoms with Crippen LogP contribution in [0, 0.1) is 6.92 Å². The van der Waals surface area contributed by atoms with Crippen LogP contribution in [-0.2, 0) is 0 Å². The van der Waals surface area contributed by atoms with Crippen molar-refractivity contribution in [2.75, 3.05) is 13.1 Å². The molecular formula is C14H16N4OS. The average Bonchev–Trinajstić information content (AvgIpc) is 2.90. The van der Waals surface area contributed by atoms with Gasteiger partial charge in [-0.2, -0.15) is 0 Å². The van der Waals surface area contributed by atoms with Gasteiger partial charge in [0.25, 0.3) is 5.91 Å². The molecule has 0 atom stereocenters. The molecule has 5 nitrogen and oxygen atoms in total. The van der Waals surface area contributed by atoms with Crippen LogP contribution in [0.1, 0.15) is 34.6 Å². The Hall–Kier alpha value is -1.82. The molecule has 1 aliphatic heterocycles. The molecule has 2 aromatic rings. The van der Waals surface area contributed by atoms with Gasteiger partial charge in [0.15, 0.2) is 10.8 Å². The Balaban J connectivity index is 1.87. The summed E-state index contributed by atoms with van der Waals surface area (Å²) in [4.78, 5) is 28.0. The molecule has 0 bridgehead atoms. The summed E-state index contributed by atoms with van der Waals surface area (Å²) in [5.41, 5.74) is 0.771. The summed E-state index contributed by atoms with van der Waals surface area (Å²) in [6.45, 7) is 3.58. The first-order valence-corrected chi connectivity index (χ1v) is 7.61. The van der Waals surface area contributed by atoms with Crippen LogP contribution in [0.2, 0.25) is 0 Å². The molecule has 0 spiro atoms. The number of rotatable bonds is 2. The number of hydrogen-bond acceptors (Lipinski definition) is 5. The molecule has 0 N–H and O–H groups in total. The summed E-state index contributed by atoms with van der Waals surface area (Å²) < 4.78 is 0. The average molecular weight is 288 g/mol. The van der Waals surface area contributed by atoms with Crippen molar-refractivity contribution in [2.24, 2.45) is 0 Å². The van der Waals surface area contributed by atoms with E-state index in [-0.39, 0.29) is 5.91 Å². The minimum absolute atomic E-state index is 0.0990. The number of nitrogens with zero attached hydrogens (tertiary/aromatic N) is 4. The van der Waals surface area contributed by atoms with Crippen LogP contribution in [0.4, 0.5) is 0 Å². The zero-order chi connectivity index (χ0) is 13.9. The van der Waals surface area contributed by atoms with E-state index < -0.39 is 0 Å². The minimum Gasteiger partial charge on any atom is -0.338 e. The molecule has 1 amide bonds. The van der Waals surface area contributed by atoms with Crippen LogP contribution < -0.4 is 0 Å². The fourth-order valence-electron chi connectivity index (χ4n) is 2.34. The van der Waals surface area contributed by atoms with Crippen LogP contribution in [0.25, 0.3) is 10.8 Å². The highest BCUT2D eigenvalue weighted by Crippen LogP contribution is 2.27. The molecule has 1 fully saturated rings. The van der Waals surface area contributed by atoms with E-state index in [0.717, 1.165) is 31.6 Å². The maximum Gasteiger partial charge on any atom is 0.265 e. The van der Waals surface area contributed by atoms with Gasteiger partial charge in [-0.1, -0.05) is 0 Å². The maximum atomic E-state index is 12.5. The zero-order valence-corrected chi connectivity index (χ0v) is 12.2. The normalized spacial score (nSPS) is 15.3. The summed E-state index contributed by atoms with van der Waals surface area (Å²) in [6.07, 6.45) is 6.78. The predicted octanol–water partition coefficient (Wildman–Crippen LogP) is 2.53. The lowest BCUT2D eigenvalue weighted by molar-refractivity contribution is 0.0728. The van der Waals surface area contributed by atoms with Gasteiger partial charge < -0.3 is 4.90 Å². The van der Waals surface area contributed by atoms with E-state index in [2.05, 4.69) is 15.0 Å². The lowest BCUT2D eigenvalue weighted by Gasteiger charge is -2.26. The number of carbonyl (C=O) groups is 1. The molecule has 3 rings (SSSR count). The summed E-state index contributed by atoms with van der Waals surface area (Å²) in [5.74, 6) is 0.681. The highest BCUT2D eigenvalue weighted by Gasteiger charge is 2.23. The quantitative estimate of drug-likeness (QED) is 0.852. The number of aromatic nitrogens is 3. The largest absolute Gasteiger partial charge is 0.338 e. The SMILES string of the molecule is Cc1nc(-c2ncccn2)sc1C(=O)N1CCCCC1. The smallest absolute Gasteiger partial charge is 0.265 e. The van der Waals surface area contributed by atoms with Gasteiger partial charge in [0, 0.05) is 25.5 Å². The molecule has 1 aliphatic rings. The molecule has 0 saturated carbocycles. The maximum absolute atomic E-state index is 12.5. The highest BCUT2D eigenvalue weighted by molar-refractivity contribution is 7.17. The molecule has 2 aromatic heterocycles. The van der Waals surface area contributed by atoms with Crippen molar-refractivity contribution in [3.05, 3.63) is 29.0 Å². The Morgan fingerprint density at radius 3 is 2.60 bits per heavy atom. The van der Waals surface area contributed by atoms with Gasteiger partial charge in [0.2, 0.25) is 0 Å². The van der Waals surface area contributed by atoms with E-state index in [4.69, 9.17) is 0 Å². The van der Waals surface area contributed by atoms with Crippen LogP contribution in [0.5, 0.6) is 0 Å². The summed E-state index contributed by atoms with van der Waals surface area (Å²) in [6, 6.07) is 1.77. The summed E-state index contributed by atoms with van der Waals surface area (Å²) in [5, 5.41) is 0.712. The van der Waals surface area contributed by atoms with Crippen LogP contribution in [0.15, 0.2) is 18.5 Å². The van der Waals surface area contributed by atoms with E-state index in [9.17, 15) is 4.79 Å². The Kier molecular flexibility index (Phi) is 3.73. The van der Waals surface area contributed by atoms with Gasteiger partial charge in [-0.25, -0.2) is 15.0 Å². The molecule has 0 aliphatic carbocycles. The van der Waals surface area contributed by atoms with Gasteiger partial charge in [0.1, 0.15) is 4.88 Å². The third kappa shape index (κ3) is 2.56. The van der Waals surface area contributed by atoms with Crippen molar-refractivity contribution >= 4 is 17.2 Å². The Morgan fingerprint density at radius 1 is 1.20 bits per heavy atom. The fraction of sp³-hybridized carbons (Fsp3) is 0.429. The molecule has 0 unspecified atom stereocenters. The van der Waals surface area contributed by atoms with Crippen molar-refractivity contribution in [1.82, 2.24) is 19.9 Å². The van der Waals surface area contributed by atoms with Crippen molar-refractivity contribution in [1.29, 1.82) is 0 Å². The molecule has 3 heterocycles. The number of thiazole rings is 1. The Bertz CT molecular complexity index is 605. The molecule has 104 valence electrons. The monoisotopic (exact) mass is 288 g/mol. The number of aryl methyl sites for hydroxylation is 1. The predicted molar refractivity (Wildman–Crippen MR) is 77.6 cm³/mol. The third-order valence-electron chi connectivity index (χ3n) is 3.39. The summed E-state index contributed by atoms with van der Waals surface area (Å²) in [7, 11) is 0. The lowest BCUT2D eigenvalue weighted by Crippen LogP contribution is -2.35. The Labute approximate surface area is 121 Å². The first-order chi connectivity index (χ1) is 9.75. The molecule has 0 radical (unpaired) electrons. The Morgan fingerprint density at radius 2 is 1.90 bits per heavy atom. The molecule has 6 heteroatoms. The van der Waals surface area contributed by atoms with Crippen molar-refractivity contribution in [2.45, 2.75) is 26.2 Å². The standard InChI is InChI=1S/C14H16N4OS/c1-10-11(14(19)18-8-3-2-4-9-18)20-13(17-10)12-15-6-5-7-16-12/h5-7H,2-4,8-9H2,1H3. The second-order valence-electron chi connectivity index (χ2n) is 4.86. The number of carbonyl (C=O) groups excluding carboxylic acids is 1. The number of piperidine rings is 1. The van der Waals surface area contributed by atoms with Crippen LogP contribution in [0.3, 0.4) is 0 Å². The second-order valence-corrected chi connectivity index (χ2v) is 5.86. The van der Waals surface area contributed by atoms with Crippen LogP contribution >= 0.6 is 11.3 Å². The van der Waals surface area contributed by atoms with Crippen molar-refractivity contribution in [3.8, 4) is 10.8 Å². The zero-order valence-electron chi connectivity index (χ0n) is 11.4. The van der Waals surface area contributed by atoms with E-state index in [1.165, 1.54) is 17.8 Å². The van der Waals surface area contributed by atoms with Gasteiger partial charge in [0.05, 0.1) is 5.69 Å². The first kappa shape index (κ1) is 13.2. The fourth-order valence-corrected chi connectivity index (χ4v) is 3.32. The molecule has 20 heavy (non-hydrogen) atoms. The van der Waals surface area contributed by atoms with E-state index in [1.54, 1.807) is 18.5 Å². The third-order valence-corrected chi connectivity index (χ3v) is 4.53. The first-order valence-electron chi connectivity index (χ1n) is 6.80. The molecule has 1 saturated heterocycles. The molecule has 0 aromatic carbocycles. The van der Waals surface area contributed by atoms with Gasteiger partial charge in [-0.15, -0.1) is 11.3 Å².